The second kappa shape index (κ2) is 6.47. The number of aryl methyl sites for hydroxylation is 1. The van der Waals surface area contributed by atoms with Gasteiger partial charge < -0.3 is 11.1 Å². The Hall–Kier alpha value is -0.450. The molecule has 1 aromatic heterocycles. The summed E-state index contributed by atoms with van der Waals surface area (Å²) in [6.45, 7) is 4.96. The minimum Gasteiger partial charge on any atom is -0.330 e. The minimum absolute atomic E-state index is 0.731. The molecular weight excluding hydrogens is 230 g/mol. The van der Waals surface area contributed by atoms with Crippen molar-refractivity contribution in [3.05, 3.63) is 16.1 Å². The molecule has 1 saturated carbocycles. The number of hydrogen-bond donors (Lipinski definition) is 2. The smallest absolute Gasteiger partial charge is 0.107 e. The van der Waals surface area contributed by atoms with Gasteiger partial charge in [-0.1, -0.05) is 12.8 Å². The standard InChI is InChI=1S/C13H23N3S/c1-10-7-16-13(17-10)9-15-8-12-5-3-2-4-11(12)6-14/h7,11-12,15H,2-6,8-9,14H2,1H3. The third-order valence-corrected chi connectivity index (χ3v) is 4.63. The Morgan fingerprint density at radius 1 is 1.41 bits per heavy atom. The molecule has 1 aliphatic carbocycles. The Morgan fingerprint density at radius 3 is 2.82 bits per heavy atom. The fourth-order valence-electron chi connectivity index (χ4n) is 2.71. The summed E-state index contributed by atoms with van der Waals surface area (Å²) in [7, 11) is 0. The van der Waals surface area contributed by atoms with Gasteiger partial charge >= 0.3 is 0 Å². The van der Waals surface area contributed by atoms with Gasteiger partial charge in [-0.05, 0) is 44.7 Å². The highest BCUT2D eigenvalue weighted by Crippen LogP contribution is 2.28. The van der Waals surface area contributed by atoms with E-state index in [-0.39, 0.29) is 0 Å². The molecule has 3 nitrogen and oxygen atoms in total. The van der Waals surface area contributed by atoms with E-state index in [4.69, 9.17) is 5.73 Å². The molecule has 2 atom stereocenters. The van der Waals surface area contributed by atoms with Gasteiger partial charge in [-0.3, -0.25) is 0 Å². The maximum Gasteiger partial charge on any atom is 0.107 e. The first-order valence-corrected chi connectivity index (χ1v) is 7.43. The highest BCUT2D eigenvalue weighted by atomic mass is 32.1. The van der Waals surface area contributed by atoms with Crippen LogP contribution in [0.3, 0.4) is 0 Å². The van der Waals surface area contributed by atoms with Gasteiger partial charge in [-0.25, -0.2) is 4.98 Å². The fraction of sp³-hybridized carbons (Fsp3) is 0.769. The molecule has 1 fully saturated rings. The number of nitrogens with one attached hydrogen (secondary N) is 1. The van der Waals surface area contributed by atoms with E-state index in [1.807, 2.05) is 6.20 Å². The maximum atomic E-state index is 5.84. The molecule has 2 unspecified atom stereocenters. The molecule has 17 heavy (non-hydrogen) atoms. The quantitative estimate of drug-likeness (QED) is 0.846. The van der Waals surface area contributed by atoms with Crippen LogP contribution in [-0.2, 0) is 6.54 Å². The van der Waals surface area contributed by atoms with Crippen LogP contribution in [-0.4, -0.2) is 18.1 Å². The van der Waals surface area contributed by atoms with E-state index >= 15 is 0 Å². The van der Waals surface area contributed by atoms with Crippen LogP contribution in [0.15, 0.2) is 6.20 Å². The van der Waals surface area contributed by atoms with Crippen molar-refractivity contribution < 1.29 is 0 Å². The summed E-state index contributed by atoms with van der Waals surface area (Å²) < 4.78 is 0. The summed E-state index contributed by atoms with van der Waals surface area (Å²) in [5.41, 5.74) is 5.84. The van der Waals surface area contributed by atoms with Crippen molar-refractivity contribution in [2.45, 2.75) is 39.2 Å². The van der Waals surface area contributed by atoms with E-state index in [2.05, 4.69) is 17.2 Å². The van der Waals surface area contributed by atoms with Gasteiger partial charge in [-0.15, -0.1) is 11.3 Å². The van der Waals surface area contributed by atoms with Crippen molar-refractivity contribution >= 4 is 11.3 Å². The number of hydrogen-bond acceptors (Lipinski definition) is 4. The van der Waals surface area contributed by atoms with Crippen LogP contribution < -0.4 is 11.1 Å². The SMILES string of the molecule is Cc1cnc(CNCC2CCCCC2CN)s1. The topological polar surface area (TPSA) is 50.9 Å². The van der Waals surface area contributed by atoms with Gasteiger partial charge in [0, 0.05) is 17.6 Å². The molecule has 0 bridgehead atoms. The number of thiazole rings is 1. The molecule has 2 rings (SSSR count). The van der Waals surface area contributed by atoms with Crippen molar-refractivity contribution in [3.63, 3.8) is 0 Å². The molecule has 1 aromatic rings. The number of nitrogens with two attached hydrogens (primary N) is 1. The molecule has 1 aliphatic rings. The van der Waals surface area contributed by atoms with Crippen LogP contribution in [0.5, 0.6) is 0 Å². The summed E-state index contributed by atoms with van der Waals surface area (Å²) in [5.74, 6) is 1.50. The van der Waals surface area contributed by atoms with Crippen LogP contribution in [0.25, 0.3) is 0 Å². The number of aromatic nitrogens is 1. The molecule has 3 N–H and O–H groups in total. The first-order valence-electron chi connectivity index (χ1n) is 6.61. The number of rotatable bonds is 5. The summed E-state index contributed by atoms with van der Waals surface area (Å²) >= 11 is 1.78. The lowest BCUT2D eigenvalue weighted by Crippen LogP contribution is -2.34. The van der Waals surface area contributed by atoms with Gasteiger partial charge in [0.25, 0.3) is 0 Å². The second-order valence-corrected chi connectivity index (χ2v) is 6.36. The van der Waals surface area contributed by atoms with Crippen molar-refractivity contribution in [1.82, 2.24) is 10.3 Å². The predicted octanol–water partition coefficient (Wildman–Crippen LogP) is 2.31. The Morgan fingerprint density at radius 2 is 2.18 bits per heavy atom. The van der Waals surface area contributed by atoms with Gasteiger partial charge in [0.05, 0.1) is 0 Å². The molecule has 0 saturated heterocycles. The van der Waals surface area contributed by atoms with Crippen LogP contribution >= 0.6 is 11.3 Å². The molecule has 96 valence electrons. The van der Waals surface area contributed by atoms with Crippen molar-refractivity contribution in [1.29, 1.82) is 0 Å². The van der Waals surface area contributed by atoms with Crippen molar-refractivity contribution in [3.8, 4) is 0 Å². The Bertz CT molecular complexity index is 337. The normalized spacial score (nSPS) is 25.1. The molecule has 0 aromatic carbocycles. The van der Waals surface area contributed by atoms with Crippen LogP contribution in [0.4, 0.5) is 0 Å². The third-order valence-electron chi connectivity index (χ3n) is 3.72. The van der Waals surface area contributed by atoms with Gasteiger partial charge in [0.15, 0.2) is 0 Å². The van der Waals surface area contributed by atoms with Gasteiger partial charge in [-0.2, -0.15) is 0 Å². The van der Waals surface area contributed by atoms with E-state index in [0.29, 0.717) is 0 Å². The van der Waals surface area contributed by atoms with E-state index in [1.54, 1.807) is 11.3 Å². The van der Waals surface area contributed by atoms with E-state index in [9.17, 15) is 0 Å². The molecule has 1 heterocycles. The highest BCUT2D eigenvalue weighted by Gasteiger charge is 2.23. The first-order chi connectivity index (χ1) is 8.29. The average Bonchev–Trinajstić information content (AvgIpc) is 2.76. The molecule has 0 amide bonds. The molecule has 4 heteroatoms. The molecular formula is C13H23N3S. The predicted molar refractivity (Wildman–Crippen MR) is 73.1 cm³/mol. The van der Waals surface area contributed by atoms with Crippen LogP contribution in [0.2, 0.25) is 0 Å². The van der Waals surface area contributed by atoms with Gasteiger partial charge in [0.2, 0.25) is 0 Å². The molecule has 0 aliphatic heterocycles. The maximum absolute atomic E-state index is 5.84. The van der Waals surface area contributed by atoms with Crippen LogP contribution in [0, 0.1) is 18.8 Å². The zero-order valence-corrected chi connectivity index (χ0v) is 11.4. The Kier molecular flexibility index (Phi) is 4.95. The average molecular weight is 253 g/mol. The highest BCUT2D eigenvalue weighted by molar-refractivity contribution is 7.11. The lowest BCUT2D eigenvalue weighted by Gasteiger charge is -2.30. The van der Waals surface area contributed by atoms with Gasteiger partial charge in [0.1, 0.15) is 5.01 Å². The largest absolute Gasteiger partial charge is 0.330 e. The Balaban J connectivity index is 1.73. The minimum atomic E-state index is 0.731. The first kappa shape index (κ1) is 13.0. The Labute approximate surface area is 108 Å². The summed E-state index contributed by atoms with van der Waals surface area (Å²) in [5, 5.41) is 4.74. The van der Waals surface area contributed by atoms with Crippen molar-refractivity contribution in [2.75, 3.05) is 13.1 Å². The fourth-order valence-corrected chi connectivity index (χ4v) is 3.47. The van der Waals surface area contributed by atoms with E-state index < -0.39 is 0 Å². The van der Waals surface area contributed by atoms with E-state index in [0.717, 1.165) is 31.5 Å². The zero-order valence-electron chi connectivity index (χ0n) is 10.6. The second-order valence-electron chi connectivity index (χ2n) is 5.04. The van der Waals surface area contributed by atoms with Crippen molar-refractivity contribution in [2.24, 2.45) is 17.6 Å². The van der Waals surface area contributed by atoms with E-state index in [1.165, 1.54) is 35.6 Å². The summed E-state index contributed by atoms with van der Waals surface area (Å²) in [4.78, 5) is 5.66. The number of nitrogens with zero attached hydrogens (tertiary/aromatic N) is 1. The lowest BCUT2D eigenvalue weighted by molar-refractivity contribution is 0.235. The van der Waals surface area contributed by atoms with Crippen LogP contribution in [0.1, 0.15) is 35.6 Å². The summed E-state index contributed by atoms with van der Waals surface area (Å²) in [6, 6.07) is 0. The monoisotopic (exact) mass is 253 g/mol. The zero-order chi connectivity index (χ0) is 12.1. The summed E-state index contributed by atoms with van der Waals surface area (Å²) in [6.07, 6.45) is 7.35. The third kappa shape index (κ3) is 3.76. The molecule has 0 radical (unpaired) electrons. The lowest BCUT2D eigenvalue weighted by atomic mass is 9.79. The molecule has 0 spiro atoms.